The van der Waals surface area contributed by atoms with Gasteiger partial charge in [-0.1, -0.05) is 12.1 Å². The Morgan fingerprint density at radius 2 is 1.96 bits per heavy atom. The first-order valence-electron chi connectivity index (χ1n) is 7.81. The zero-order valence-corrected chi connectivity index (χ0v) is 14.0. The average Bonchev–Trinajstić information content (AvgIpc) is 2.62. The molecule has 2 rings (SSSR count). The highest BCUT2D eigenvalue weighted by molar-refractivity contribution is 5.77. The number of rotatable bonds is 9. The first-order chi connectivity index (χ1) is 11.7. The van der Waals surface area contributed by atoms with Crippen molar-refractivity contribution in [3.63, 3.8) is 0 Å². The number of nitrogens with one attached hydrogen (secondary N) is 2. The van der Waals surface area contributed by atoms with Crippen LogP contribution in [-0.2, 0) is 17.8 Å². The largest absolute Gasteiger partial charge is 0.493 e. The Hall–Kier alpha value is -2.60. The van der Waals surface area contributed by atoms with Gasteiger partial charge in [0.05, 0.1) is 26.5 Å². The number of nitrogens with zero attached hydrogens (tertiary/aromatic N) is 1. The molecule has 0 saturated heterocycles. The van der Waals surface area contributed by atoms with Crippen LogP contribution in [0.2, 0.25) is 0 Å². The van der Waals surface area contributed by atoms with E-state index in [0.29, 0.717) is 24.6 Å². The minimum absolute atomic E-state index is 0.0357. The van der Waals surface area contributed by atoms with Crippen molar-refractivity contribution < 1.29 is 14.3 Å². The molecule has 0 radical (unpaired) electrons. The van der Waals surface area contributed by atoms with Crippen molar-refractivity contribution in [2.45, 2.75) is 13.0 Å². The second-order valence-electron chi connectivity index (χ2n) is 5.21. The summed E-state index contributed by atoms with van der Waals surface area (Å²) in [6, 6.07) is 11.5. The number of pyridine rings is 1. The van der Waals surface area contributed by atoms with E-state index < -0.39 is 0 Å². The first-order valence-corrected chi connectivity index (χ1v) is 7.81. The molecule has 0 aliphatic carbocycles. The van der Waals surface area contributed by atoms with Crippen molar-refractivity contribution in [3.05, 3.63) is 53.9 Å². The average molecular weight is 329 g/mol. The van der Waals surface area contributed by atoms with Gasteiger partial charge >= 0.3 is 0 Å². The van der Waals surface area contributed by atoms with Crippen LogP contribution < -0.4 is 20.1 Å². The fraction of sp³-hybridized carbons (Fsp3) is 0.333. The number of methoxy groups -OCH3 is 2. The lowest BCUT2D eigenvalue weighted by Gasteiger charge is -2.10. The van der Waals surface area contributed by atoms with E-state index in [4.69, 9.17) is 9.47 Å². The van der Waals surface area contributed by atoms with Crippen molar-refractivity contribution in [2.75, 3.05) is 27.3 Å². The molecule has 2 N–H and O–H groups in total. The molecule has 1 aromatic heterocycles. The Kier molecular flexibility index (Phi) is 7.04. The fourth-order valence-electron chi connectivity index (χ4n) is 2.25. The van der Waals surface area contributed by atoms with Gasteiger partial charge in [0, 0.05) is 19.3 Å². The molecule has 0 fully saturated rings. The van der Waals surface area contributed by atoms with E-state index >= 15 is 0 Å². The Morgan fingerprint density at radius 1 is 1.12 bits per heavy atom. The van der Waals surface area contributed by atoms with Crippen LogP contribution >= 0.6 is 0 Å². The quantitative estimate of drug-likeness (QED) is 0.730. The van der Waals surface area contributed by atoms with Gasteiger partial charge < -0.3 is 20.1 Å². The lowest BCUT2D eigenvalue weighted by atomic mass is 10.1. The van der Waals surface area contributed by atoms with Gasteiger partial charge in [-0.25, -0.2) is 0 Å². The van der Waals surface area contributed by atoms with Crippen LogP contribution in [0.3, 0.4) is 0 Å². The van der Waals surface area contributed by atoms with Crippen LogP contribution in [0.25, 0.3) is 0 Å². The Labute approximate surface area is 142 Å². The summed E-state index contributed by atoms with van der Waals surface area (Å²) < 4.78 is 10.5. The second-order valence-corrected chi connectivity index (χ2v) is 5.21. The van der Waals surface area contributed by atoms with Crippen molar-refractivity contribution in [1.29, 1.82) is 0 Å². The number of hydrogen-bond donors (Lipinski definition) is 2. The summed E-state index contributed by atoms with van der Waals surface area (Å²) in [6.45, 7) is 1.41. The van der Waals surface area contributed by atoms with E-state index in [2.05, 4.69) is 15.6 Å². The lowest BCUT2D eigenvalue weighted by molar-refractivity contribution is -0.120. The standard InChI is InChI=1S/C18H23N3O3/c1-23-16-7-6-14(11-17(16)24-2)8-10-21-18(22)13-19-12-15-5-3-4-9-20-15/h3-7,9,11,19H,8,10,12-13H2,1-2H3,(H,21,22). The highest BCUT2D eigenvalue weighted by atomic mass is 16.5. The molecule has 0 spiro atoms. The van der Waals surface area contributed by atoms with Crippen LogP contribution in [0, 0.1) is 0 Å². The highest BCUT2D eigenvalue weighted by Gasteiger charge is 2.05. The molecule has 6 nitrogen and oxygen atoms in total. The zero-order chi connectivity index (χ0) is 17.2. The lowest BCUT2D eigenvalue weighted by Crippen LogP contribution is -2.34. The van der Waals surface area contributed by atoms with Gasteiger partial charge in [-0.05, 0) is 36.2 Å². The molecule has 2 aromatic rings. The van der Waals surface area contributed by atoms with E-state index in [1.54, 1.807) is 20.4 Å². The maximum Gasteiger partial charge on any atom is 0.233 e. The summed E-state index contributed by atoms with van der Waals surface area (Å²) in [7, 11) is 3.21. The number of amides is 1. The number of benzene rings is 1. The third-order valence-corrected chi connectivity index (χ3v) is 3.50. The van der Waals surface area contributed by atoms with E-state index in [1.165, 1.54) is 0 Å². The molecule has 6 heteroatoms. The van der Waals surface area contributed by atoms with Crippen molar-refractivity contribution in [3.8, 4) is 11.5 Å². The third kappa shape index (κ3) is 5.55. The molecule has 0 saturated carbocycles. The Morgan fingerprint density at radius 3 is 2.67 bits per heavy atom. The summed E-state index contributed by atoms with van der Waals surface area (Å²) in [4.78, 5) is 16.0. The smallest absolute Gasteiger partial charge is 0.233 e. The zero-order valence-electron chi connectivity index (χ0n) is 14.0. The highest BCUT2D eigenvalue weighted by Crippen LogP contribution is 2.27. The molecule has 0 aliphatic heterocycles. The molecule has 0 unspecified atom stereocenters. The maximum absolute atomic E-state index is 11.8. The van der Waals surface area contributed by atoms with Crippen molar-refractivity contribution >= 4 is 5.91 Å². The van der Waals surface area contributed by atoms with E-state index in [0.717, 1.165) is 17.7 Å². The molecule has 24 heavy (non-hydrogen) atoms. The maximum atomic E-state index is 11.8. The van der Waals surface area contributed by atoms with Gasteiger partial charge in [0.25, 0.3) is 0 Å². The first kappa shape index (κ1) is 17.7. The van der Waals surface area contributed by atoms with Crippen LogP contribution in [-0.4, -0.2) is 38.2 Å². The van der Waals surface area contributed by atoms with Gasteiger partial charge in [0.2, 0.25) is 5.91 Å². The fourth-order valence-corrected chi connectivity index (χ4v) is 2.25. The number of carbonyl (C=O) groups excluding carboxylic acids is 1. The van der Waals surface area contributed by atoms with Gasteiger partial charge in [0.1, 0.15) is 0 Å². The van der Waals surface area contributed by atoms with Crippen LogP contribution in [0.5, 0.6) is 11.5 Å². The number of hydrogen-bond acceptors (Lipinski definition) is 5. The van der Waals surface area contributed by atoms with E-state index in [9.17, 15) is 4.79 Å². The molecular formula is C18H23N3O3. The van der Waals surface area contributed by atoms with Gasteiger partial charge in [-0.2, -0.15) is 0 Å². The molecule has 0 atom stereocenters. The summed E-state index contributed by atoms with van der Waals surface area (Å²) >= 11 is 0. The molecule has 1 aromatic carbocycles. The molecule has 1 heterocycles. The van der Waals surface area contributed by atoms with E-state index in [-0.39, 0.29) is 12.5 Å². The molecular weight excluding hydrogens is 306 g/mol. The monoisotopic (exact) mass is 329 g/mol. The summed E-state index contributed by atoms with van der Waals surface area (Å²) in [5, 5.41) is 5.96. The Balaban J connectivity index is 1.69. The molecule has 0 bridgehead atoms. The van der Waals surface area contributed by atoms with Crippen LogP contribution in [0.1, 0.15) is 11.3 Å². The topological polar surface area (TPSA) is 72.5 Å². The third-order valence-electron chi connectivity index (χ3n) is 3.50. The minimum atomic E-state index is -0.0357. The van der Waals surface area contributed by atoms with E-state index in [1.807, 2.05) is 36.4 Å². The number of carbonyl (C=O) groups is 1. The molecule has 1 amide bonds. The van der Waals surface area contributed by atoms with Gasteiger partial charge in [0.15, 0.2) is 11.5 Å². The molecule has 128 valence electrons. The summed E-state index contributed by atoms with van der Waals surface area (Å²) in [5.74, 6) is 1.36. The number of aromatic nitrogens is 1. The minimum Gasteiger partial charge on any atom is -0.493 e. The molecule has 0 aliphatic rings. The SMILES string of the molecule is COc1ccc(CCNC(=O)CNCc2ccccn2)cc1OC. The van der Waals surface area contributed by atoms with Gasteiger partial charge in [-0.15, -0.1) is 0 Å². The predicted octanol–water partition coefficient (Wildman–Crippen LogP) is 1.55. The van der Waals surface area contributed by atoms with Crippen LogP contribution in [0.15, 0.2) is 42.6 Å². The van der Waals surface area contributed by atoms with Crippen molar-refractivity contribution in [2.24, 2.45) is 0 Å². The Bertz CT molecular complexity index is 647. The predicted molar refractivity (Wildman–Crippen MR) is 92.2 cm³/mol. The number of ether oxygens (including phenoxy) is 2. The second kappa shape index (κ2) is 9.52. The summed E-state index contributed by atoms with van der Waals surface area (Å²) in [6.07, 6.45) is 2.46. The normalized spacial score (nSPS) is 10.2. The summed E-state index contributed by atoms with van der Waals surface area (Å²) in [5.41, 5.74) is 1.99. The van der Waals surface area contributed by atoms with Crippen LogP contribution in [0.4, 0.5) is 0 Å². The van der Waals surface area contributed by atoms with Crippen molar-refractivity contribution in [1.82, 2.24) is 15.6 Å². The van der Waals surface area contributed by atoms with Gasteiger partial charge in [-0.3, -0.25) is 9.78 Å².